The summed E-state index contributed by atoms with van der Waals surface area (Å²) in [5.41, 5.74) is 3.16. The van der Waals surface area contributed by atoms with E-state index in [1.165, 1.54) is 56.2 Å². The Bertz CT molecular complexity index is 1130. The van der Waals surface area contributed by atoms with Crippen molar-refractivity contribution in [2.75, 3.05) is 19.9 Å². The lowest BCUT2D eigenvalue weighted by molar-refractivity contribution is 0.0915. The third kappa shape index (κ3) is 4.90. The zero-order chi connectivity index (χ0) is 23.6. The number of hydrogen-bond acceptors (Lipinski definition) is 5. The van der Waals surface area contributed by atoms with Crippen LogP contribution in [0.1, 0.15) is 73.3 Å². The monoisotopic (exact) mass is 474 g/mol. The highest BCUT2D eigenvalue weighted by Crippen LogP contribution is 2.36. The molecule has 1 atom stereocenters. The van der Waals surface area contributed by atoms with E-state index in [0.717, 1.165) is 31.1 Å². The summed E-state index contributed by atoms with van der Waals surface area (Å²) in [6.07, 6.45) is 11.4. The lowest BCUT2D eigenvalue weighted by Crippen LogP contribution is -2.39. The summed E-state index contributed by atoms with van der Waals surface area (Å²) in [4.78, 5) is 15.4. The number of hydrogen-bond donors (Lipinski definition) is 1. The summed E-state index contributed by atoms with van der Waals surface area (Å²) in [5.74, 6) is 3.05. The fourth-order valence-electron chi connectivity index (χ4n) is 6.05. The number of carbonyl (C=O) groups excluding carboxylic acids is 1. The lowest BCUT2D eigenvalue weighted by atomic mass is 9.83. The van der Waals surface area contributed by atoms with Crippen LogP contribution in [0.4, 0.5) is 0 Å². The van der Waals surface area contributed by atoms with E-state index in [2.05, 4.69) is 28.4 Å². The average Bonchev–Trinajstić information content (AvgIpc) is 3.57. The van der Waals surface area contributed by atoms with Crippen molar-refractivity contribution in [3.63, 3.8) is 0 Å². The van der Waals surface area contributed by atoms with Gasteiger partial charge in [0.25, 0.3) is 5.91 Å². The summed E-state index contributed by atoms with van der Waals surface area (Å²) < 4.78 is 16.7. The second-order valence-electron chi connectivity index (χ2n) is 10.3. The second-order valence-corrected chi connectivity index (χ2v) is 10.3. The summed E-state index contributed by atoms with van der Waals surface area (Å²) >= 11 is 0. The van der Waals surface area contributed by atoms with E-state index in [0.29, 0.717) is 23.1 Å². The van der Waals surface area contributed by atoms with Crippen LogP contribution in [0.3, 0.4) is 0 Å². The number of carbonyl (C=O) groups is 1. The molecule has 1 aromatic rings. The normalized spacial score (nSPS) is 24.5. The van der Waals surface area contributed by atoms with Gasteiger partial charge in [0.1, 0.15) is 5.76 Å². The molecule has 6 heteroatoms. The van der Waals surface area contributed by atoms with Gasteiger partial charge in [-0.05, 0) is 94.3 Å². The molecule has 3 heterocycles. The minimum Gasteiger partial charge on any atom is -0.464 e. The first kappa shape index (κ1) is 22.5. The highest BCUT2D eigenvalue weighted by Gasteiger charge is 2.28. The molecule has 6 rings (SSSR count). The summed E-state index contributed by atoms with van der Waals surface area (Å²) in [5, 5.41) is 3.24. The van der Waals surface area contributed by atoms with Crippen molar-refractivity contribution in [1.29, 1.82) is 0 Å². The van der Waals surface area contributed by atoms with Crippen molar-refractivity contribution in [2.45, 2.75) is 63.5 Å². The zero-order valence-corrected chi connectivity index (χ0v) is 20.2. The molecular weight excluding hydrogens is 440 g/mol. The molecule has 6 nitrogen and oxygen atoms in total. The molecule has 0 aromatic heterocycles. The molecule has 1 aromatic carbocycles. The Labute approximate surface area is 206 Å². The van der Waals surface area contributed by atoms with Crippen molar-refractivity contribution in [2.24, 2.45) is 5.92 Å². The van der Waals surface area contributed by atoms with E-state index in [1.807, 2.05) is 24.5 Å². The van der Waals surface area contributed by atoms with E-state index in [1.54, 1.807) is 6.07 Å². The van der Waals surface area contributed by atoms with E-state index in [9.17, 15) is 4.79 Å². The highest BCUT2D eigenvalue weighted by atomic mass is 16.7. The quantitative estimate of drug-likeness (QED) is 0.473. The lowest BCUT2D eigenvalue weighted by Gasteiger charge is -2.37. The molecule has 5 aliphatic rings. The van der Waals surface area contributed by atoms with Crippen LogP contribution in [0, 0.1) is 5.92 Å². The predicted molar refractivity (Wildman–Crippen MR) is 134 cm³/mol. The van der Waals surface area contributed by atoms with Gasteiger partial charge in [-0.25, -0.2) is 0 Å². The molecule has 184 valence electrons. The van der Waals surface area contributed by atoms with Gasteiger partial charge in [0.2, 0.25) is 6.79 Å². The zero-order valence-electron chi connectivity index (χ0n) is 20.2. The molecule has 1 saturated carbocycles. The van der Waals surface area contributed by atoms with Gasteiger partial charge in [-0.1, -0.05) is 18.6 Å². The first-order chi connectivity index (χ1) is 17.2. The Morgan fingerprint density at radius 3 is 2.77 bits per heavy atom. The van der Waals surface area contributed by atoms with Gasteiger partial charge >= 0.3 is 0 Å². The fourth-order valence-corrected chi connectivity index (χ4v) is 6.05. The van der Waals surface area contributed by atoms with Crippen molar-refractivity contribution in [1.82, 2.24) is 10.2 Å². The first-order valence-electron chi connectivity index (χ1n) is 13.1. The van der Waals surface area contributed by atoms with Crippen molar-refractivity contribution < 1.29 is 18.7 Å². The van der Waals surface area contributed by atoms with Crippen LogP contribution in [0.15, 0.2) is 53.1 Å². The van der Waals surface area contributed by atoms with Crippen LogP contribution in [0.5, 0.6) is 11.5 Å². The van der Waals surface area contributed by atoms with Crippen LogP contribution in [-0.2, 0) is 0 Å². The fraction of sp³-hybridized carbons (Fsp3) is 0.483. The van der Waals surface area contributed by atoms with E-state index < -0.39 is 0 Å². The minimum atomic E-state index is -0.0184. The van der Waals surface area contributed by atoms with Crippen LogP contribution >= 0.6 is 0 Å². The standard InChI is InChI=1S/C29H34N2O4/c32-29(22-9-12-27-28(17-22)35-19-34-27)30-24-10-7-20(8-11-24)13-15-31-14-2-1-5-25(31)23-16-21-4-3-6-26(21)33-18-23/h3-4,6,9,12,16-18,20,24-25H,1-2,5,7-8,10-11,13-15,19H2,(H,30,32)/t20-,24-,25?. The maximum absolute atomic E-state index is 12.7. The number of nitrogens with one attached hydrogen (secondary N) is 1. The highest BCUT2D eigenvalue weighted by molar-refractivity contribution is 5.95. The topological polar surface area (TPSA) is 63.9 Å². The summed E-state index contributed by atoms with van der Waals surface area (Å²) in [6.45, 7) is 2.54. The number of rotatable bonds is 6. The number of fused-ring (bicyclic) bond motifs is 2. The van der Waals surface area contributed by atoms with Gasteiger partial charge < -0.3 is 19.2 Å². The maximum atomic E-state index is 12.7. The number of benzene rings is 1. The molecule has 1 amide bonds. The Hall–Kier alpha value is -2.99. The van der Waals surface area contributed by atoms with Gasteiger partial charge in [0, 0.05) is 28.8 Å². The maximum Gasteiger partial charge on any atom is 0.251 e. The third-order valence-corrected chi connectivity index (χ3v) is 8.09. The Morgan fingerprint density at radius 2 is 1.86 bits per heavy atom. The predicted octanol–water partition coefficient (Wildman–Crippen LogP) is 6.02. The molecule has 2 aliphatic carbocycles. The van der Waals surface area contributed by atoms with Gasteiger partial charge in [0.05, 0.1) is 6.26 Å². The molecule has 0 bridgehead atoms. The SMILES string of the molecule is O=C(N[C@H]1CC[C@H](CCN2CCCCC2c2coc3cccc-3c2)CC1)c1ccc2c(c1)OCO2. The van der Waals surface area contributed by atoms with E-state index >= 15 is 0 Å². The number of nitrogens with zero attached hydrogens (tertiary/aromatic N) is 1. The molecule has 35 heavy (non-hydrogen) atoms. The van der Waals surface area contributed by atoms with Gasteiger partial charge in [-0.15, -0.1) is 0 Å². The Kier molecular flexibility index (Phi) is 6.38. The second kappa shape index (κ2) is 9.94. The van der Waals surface area contributed by atoms with E-state index in [4.69, 9.17) is 13.9 Å². The molecule has 3 aliphatic heterocycles. The molecule has 0 radical (unpaired) electrons. The van der Waals surface area contributed by atoms with Crippen molar-refractivity contribution >= 4 is 5.91 Å². The Morgan fingerprint density at radius 1 is 0.971 bits per heavy atom. The number of likely N-dealkylation sites (tertiary alicyclic amines) is 1. The smallest absolute Gasteiger partial charge is 0.251 e. The average molecular weight is 475 g/mol. The van der Waals surface area contributed by atoms with E-state index in [-0.39, 0.29) is 18.7 Å². The van der Waals surface area contributed by atoms with Gasteiger partial charge in [-0.3, -0.25) is 9.69 Å². The van der Waals surface area contributed by atoms with Crippen LogP contribution < -0.4 is 14.8 Å². The number of amides is 1. The molecular formula is C29H34N2O4. The molecule has 0 spiro atoms. The Balaban J connectivity index is 0.996. The minimum absolute atomic E-state index is 0.0184. The molecule has 2 fully saturated rings. The summed E-state index contributed by atoms with van der Waals surface area (Å²) in [6, 6.07) is 14.7. The van der Waals surface area contributed by atoms with Gasteiger partial charge in [0.15, 0.2) is 11.5 Å². The van der Waals surface area contributed by atoms with Crippen LogP contribution in [-0.4, -0.2) is 36.7 Å². The largest absolute Gasteiger partial charge is 0.464 e. The third-order valence-electron chi connectivity index (χ3n) is 8.09. The molecule has 1 unspecified atom stereocenters. The first-order valence-corrected chi connectivity index (χ1v) is 13.1. The van der Waals surface area contributed by atoms with Crippen molar-refractivity contribution in [3.8, 4) is 22.8 Å². The summed E-state index contributed by atoms with van der Waals surface area (Å²) in [7, 11) is 0. The van der Waals surface area contributed by atoms with Crippen LogP contribution in [0.2, 0.25) is 0 Å². The number of ether oxygens (including phenoxy) is 2. The molecule has 1 saturated heterocycles. The van der Waals surface area contributed by atoms with Crippen molar-refractivity contribution in [3.05, 3.63) is 59.9 Å². The van der Waals surface area contributed by atoms with Gasteiger partial charge in [-0.2, -0.15) is 0 Å². The van der Waals surface area contributed by atoms with Crippen LogP contribution in [0.25, 0.3) is 11.3 Å². The number of piperidine rings is 1. The molecule has 1 N–H and O–H groups in total.